The first kappa shape index (κ1) is 17.1. The maximum Gasteiger partial charge on any atom is 0.335 e. The van der Waals surface area contributed by atoms with Crippen LogP contribution in [0.5, 0.6) is 5.75 Å². The molecule has 116 valence electrons. The SMILES string of the molecule is COC(=O)C(CC(=O)C(C)(O)c1ccc(OC)cc1)OC. The molecule has 21 heavy (non-hydrogen) atoms. The minimum absolute atomic E-state index is 0.276. The molecule has 6 heteroatoms. The Bertz CT molecular complexity index is 491. The fourth-order valence-corrected chi connectivity index (χ4v) is 1.84. The minimum atomic E-state index is -1.73. The number of aliphatic hydroxyl groups is 1. The highest BCUT2D eigenvalue weighted by molar-refractivity contribution is 5.92. The molecule has 1 rings (SSSR count). The first-order chi connectivity index (χ1) is 9.86. The molecule has 0 aliphatic carbocycles. The van der Waals surface area contributed by atoms with Crippen molar-refractivity contribution in [2.24, 2.45) is 0 Å². The van der Waals surface area contributed by atoms with Crippen molar-refractivity contribution in [3.8, 4) is 5.75 Å². The lowest BCUT2D eigenvalue weighted by molar-refractivity contribution is -0.157. The highest BCUT2D eigenvalue weighted by Gasteiger charge is 2.35. The second kappa shape index (κ2) is 7.19. The lowest BCUT2D eigenvalue weighted by atomic mass is 9.88. The van der Waals surface area contributed by atoms with Crippen LogP contribution < -0.4 is 4.74 Å². The van der Waals surface area contributed by atoms with E-state index in [0.29, 0.717) is 11.3 Å². The van der Waals surface area contributed by atoms with Gasteiger partial charge in [-0.3, -0.25) is 4.79 Å². The van der Waals surface area contributed by atoms with Crippen molar-refractivity contribution in [3.05, 3.63) is 29.8 Å². The predicted octanol–water partition coefficient (Wildman–Crippen LogP) is 1.05. The van der Waals surface area contributed by atoms with Gasteiger partial charge in [-0.15, -0.1) is 0 Å². The zero-order chi connectivity index (χ0) is 16.0. The molecule has 2 unspecified atom stereocenters. The van der Waals surface area contributed by atoms with Crippen molar-refractivity contribution in [1.29, 1.82) is 0 Å². The van der Waals surface area contributed by atoms with Gasteiger partial charge in [-0.05, 0) is 24.6 Å². The van der Waals surface area contributed by atoms with E-state index < -0.39 is 23.5 Å². The van der Waals surface area contributed by atoms with Crippen LogP contribution in [0.15, 0.2) is 24.3 Å². The van der Waals surface area contributed by atoms with E-state index in [9.17, 15) is 14.7 Å². The standard InChI is InChI=1S/C15H20O6/c1-15(18,10-5-7-11(19-2)8-6-10)13(16)9-12(20-3)14(17)21-4/h5-8,12,18H,9H2,1-4H3. The number of esters is 1. The van der Waals surface area contributed by atoms with Gasteiger partial charge in [0.2, 0.25) is 0 Å². The molecule has 0 saturated carbocycles. The predicted molar refractivity (Wildman–Crippen MR) is 75.0 cm³/mol. The van der Waals surface area contributed by atoms with E-state index in [1.54, 1.807) is 24.3 Å². The molecule has 0 aliphatic rings. The number of carbonyl (C=O) groups is 2. The van der Waals surface area contributed by atoms with Crippen LogP contribution in [0.3, 0.4) is 0 Å². The summed E-state index contributed by atoms with van der Waals surface area (Å²) in [6.07, 6.45) is -1.31. The van der Waals surface area contributed by atoms with Crippen molar-refractivity contribution in [3.63, 3.8) is 0 Å². The van der Waals surface area contributed by atoms with E-state index >= 15 is 0 Å². The fraction of sp³-hybridized carbons (Fsp3) is 0.467. The van der Waals surface area contributed by atoms with Gasteiger partial charge in [-0.1, -0.05) is 12.1 Å². The maximum absolute atomic E-state index is 12.2. The van der Waals surface area contributed by atoms with Crippen LogP contribution in [-0.4, -0.2) is 44.3 Å². The third-order valence-electron chi connectivity index (χ3n) is 3.31. The van der Waals surface area contributed by atoms with Crippen molar-refractivity contribution in [2.75, 3.05) is 21.3 Å². The van der Waals surface area contributed by atoms with Crippen molar-refractivity contribution in [2.45, 2.75) is 25.0 Å². The van der Waals surface area contributed by atoms with Crippen LogP contribution in [0.4, 0.5) is 0 Å². The first-order valence-corrected chi connectivity index (χ1v) is 6.37. The number of hydrogen-bond donors (Lipinski definition) is 1. The summed E-state index contributed by atoms with van der Waals surface area (Å²) in [5.41, 5.74) is -1.31. The number of hydrogen-bond acceptors (Lipinski definition) is 6. The van der Waals surface area contributed by atoms with E-state index in [4.69, 9.17) is 9.47 Å². The molecule has 1 N–H and O–H groups in total. The number of rotatable bonds is 7. The second-order valence-electron chi connectivity index (χ2n) is 4.68. The van der Waals surface area contributed by atoms with Crippen molar-refractivity contribution >= 4 is 11.8 Å². The summed E-state index contributed by atoms with van der Waals surface area (Å²) in [6, 6.07) is 6.48. The summed E-state index contributed by atoms with van der Waals surface area (Å²) in [5.74, 6) is -0.576. The average Bonchev–Trinajstić information content (AvgIpc) is 2.51. The number of benzene rings is 1. The second-order valence-corrected chi connectivity index (χ2v) is 4.68. The van der Waals surface area contributed by atoms with Gasteiger partial charge in [0.05, 0.1) is 14.2 Å². The molecule has 1 aromatic rings. The maximum atomic E-state index is 12.2. The molecule has 0 amide bonds. The van der Waals surface area contributed by atoms with Gasteiger partial charge in [0.15, 0.2) is 11.9 Å². The van der Waals surface area contributed by atoms with Crippen molar-refractivity contribution < 1.29 is 28.9 Å². The number of carbonyl (C=O) groups excluding carboxylic acids is 2. The molecule has 0 spiro atoms. The summed E-state index contributed by atoms with van der Waals surface area (Å²) in [7, 11) is 4.04. The molecule has 0 saturated heterocycles. The number of Topliss-reactive ketones (excluding diaryl/α,β-unsaturated/α-hetero) is 1. The Balaban J connectivity index is 2.89. The van der Waals surface area contributed by atoms with Crippen LogP contribution in [0.2, 0.25) is 0 Å². The Kier molecular flexibility index (Phi) is 5.87. The molecular formula is C15H20O6. The highest BCUT2D eigenvalue weighted by atomic mass is 16.6. The number of ketones is 1. The van der Waals surface area contributed by atoms with Gasteiger partial charge in [-0.25, -0.2) is 4.79 Å². The van der Waals surface area contributed by atoms with Crippen LogP contribution in [0.25, 0.3) is 0 Å². The van der Waals surface area contributed by atoms with E-state index in [2.05, 4.69) is 4.74 Å². The summed E-state index contributed by atoms with van der Waals surface area (Å²) in [4.78, 5) is 23.7. The summed E-state index contributed by atoms with van der Waals surface area (Å²) in [6.45, 7) is 1.38. The molecule has 6 nitrogen and oxygen atoms in total. The molecule has 0 aliphatic heterocycles. The van der Waals surface area contributed by atoms with E-state index in [0.717, 1.165) is 0 Å². The Morgan fingerprint density at radius 1 is 1.19 bits per heavy atom. The smallest absolute Gasteiger partial charge is 0.335 e. The summed E-state index contributed by atoms with van der Waals surface area (Å²) >= 11 is 0. The Morgan fingerprint density at radius 2 is 1.76 bits per heavy atom. The van der Waals surface area contributed by atoms with E-state index in [1.165, 1.54) is 28.3 Å². The number of methoxy groups -OCH3 is 3. The molecule has 0 aromatic heterocycles. The lowest BCUT2D eigenvalue weighted by Gasteiger charge is -2.24. The highest BCUT2D eigenvalue weighted by Crippen LogP contribution is 2.26. The van der Waals surface area contributed by atoms with Gasteiger partial charge >= 0.3 is 5.97 Å². The lowest BCUT2D eigenvalue weighted by Crippen LogP contribution is -2.37. The minimum Gasteiger partial charge on any atom is -0.497 e. The van der Waals surface area contributed by atoms with Gasteiger partial charge in [-0.2, -0.15) is 0 Å². The van der Waals surface area contributed by atoms with Crippen LogP contribution in [-0.2, 0) is 24.7 Å². The van der Waals surface area contributed by atoms with Gasteiger partial charge < -0.3 is 19.3 Å². The molecule has 2 atom stereocenters. The van der Waals surface area contributed by atoms with Gasteiger partial charge in [0.1, 0.15) is 11.4 Å². The van der Waals surface area contributed by atoms with E-state index in [1.807, 2.05) is 0 Å². The Hall–Kier alpha value is -1.92. The Morgan fingerprint density at radius 3 is 2.19 bits per heavy atom. The monoisotopic (exact) mass is 296 g/mol. The van der Waals surface area contributed by atoms with Crippen LogP contribution >= 0.6 is 0 Å². The quantitative estimate of drug-likeness (QED) is 0.757. The average molecular weight is 296 g/mol. The number of ether oxygens (including phenoxy) is 3. The van der Waals surface area contributed by atoms with Gasteiger partial charge in [0.25, 0.3) is 0 Å². The molecular weight excluding hydrogens is 276 g/mol. The zero-order valence-corrected chi connectivity index (χ0v) is 12.6. The normalized spacial score (nSPS) is 14.9. The van der Waals surface area contributed by atoms with Gasteiger partial charge in [0, 0.05) is 13.5 Å². The topological polar surface area (TPSA) is 82.1 Å². The zero-order valence-electron chi connectivity index (χ0n) is 12.6. The third kappa shape index (κ3) is 4.03. The van der Waals surface area contributed by atoms with Crippen LogP contribution in [0, 0.1) is 0 Å². The molecule has 0 heterocycles. The third-order valence-corrected chi connectivity index (χ3v) is 3.31. The summed E-state index contributed by atoms with van der Waals surface area (Å²) in [5, 5.41) is 10.4. The van der Waals surface area contributed by atoms with E-state index in [-0.39, 0.29) is 6.42 Å². The summed E-state index contributed by atoms with van der Waals surface area (Å²) < 4.78 is 14.5. The van der Waals surface area contributed by atoms with Crippen LogP contribution in [0.1, 0.15) is 18.9 Å². The fourth-order valence-electron chi connectivity index (χ4n) is 1.84. The molecule has 0 radical (unpaired) electrons. The largest absolute Gasteiger partial charge is 0.497 e. The van der Waals surface area contributed by atoms with Crippen molar-refractivity contribution in [1.82, 2.24) is 0 Å². The molecule has 0 bridgehead atoms. The molecule has 0 fully saturated rings. The first-order valence-electron chi connectivity index (χ1n) is 6.37. The molecule has 1 aromatic carbocycles. The Labute approximate surface area is 123 Å².